The van der Waals surface area contributed by atoms with Crippen molar-refractivity contribution in [1.82, 2.24) is 4.83 Å². The second-order valence-electron chi connectivity index (χ2n) is 5.40. The van der Waals surface area contributed by atoms with Crippen molar-refractivity contribution in [2.75, 3.05) is 14.2 Å². The van der Waals surface area contributed by atoms with E-state index in [-0.39, 0.29) is 22.1 Å². The summed E-state index contributed by atoms with van der Waals surface area (Å²) in [4.78, 5) is 2.35. The lowest BCUT2D eigenvalue weighted by molar-refractivity contribution is 0.340. The number of nitrogens with one attached hydrogen (secondary N) is 1. The number of ether oxygens (including phenoxy) is 2. The minimum atomic E-state index is -3.78. The van der Waals surface area contributed by atoms with Gasteiger partial charge in [0.15, 0.2) is 11.5 Å². The summed E-state index contributed by atoms with van der Waals surface area (Å²) in [6, 6.07) is 8.18. The van der Waals surface area contributed by atoms with Crippen LogP contribution in [0.3, 0.4) is 0 Å². The summed E-state index contributed by atoms with van der Waals surface area (Å²) in [5.41, 5.74) is 1.96. The van der Waals surface area contributed by atoms with E-state index in [0.717, 1.165) is 5.56 Å². The van der Waals surface area contributed by atoms with Crippen molar-refractivity contribution < 1.29 is 23.0 Å². The Balaban J connectivity index is 2.27. The van der Waals surface area contributed by atoms with Crippen LogP contribution in [-0.4, -0.2) is 34.0 Å². The molecule has 0 aromatic heterocycles. The van der Waals surface area contributed by atoms with Gasteiger partial charge >= 0.3 is 0 Å². The number of methoxy groups -OCH3 is 2. The van der Waals surface area contributed by atoms with Crippen LogP contribution < -0.4 is 14.3 Å². The van der Waals surface area contributed by atoms with E-state index in [2.05, 4.69) is 9.93 Å². The van der Waals surface area contributed by atoms with Gasteiger partial charge in [0.1, 0.15) is 0 Å². The molecule has 0 aliphatic carbocycles. The van der Waals surface area contributed by atoms with Gasteiger partial charge in [-0.2, -0.15) is 13.5 Å². The Labute approximate surface area is 147 Å². The van der Waals surface area contributed by atoms with Crippen LogP contribution in [0.15, 0.2) is 40.3 Å². The average Bonchev–Trinajstić information content (AvgIpc) is 2.57. The molecule has 0 spiro atoms. The zero-order valence-corrected chi connectivity index (χ0v) is 15.2. The fraction of sp³-hybridized carbons (Fsp3) is 0.235. The highest BCUT2D eigenvalue weighted by molar-refractivity contribution is 7.89. The Morgan fingerprint density at radius 2 is 1.68 bits per heavy atom. The molecule has 2 aromatic rings. The van der Waals surface area contributed by atoms with Crippen LogP contribution in [0.25, 0.3) is 0 Å². The van der Waals surface area contributed by atoms with Gasteiger partial charge < -0.3 is 14.6 Å². The van der Waals surface area contributed by atoms with Crippen molar-refractivity contribution in [3.05, 3.63) is 47.0 Å². The third-order valence-electron chi connectivity index (χ3n) is 3.52. The molecule has 8 heteroatoms. The molecule has 0 unspecified atom stereocenters. The smallest absolute Gasteiger partial charge is 0.276 e. The molecular formula is C17H20N2O5S. The number of nitrogens with zero attached hydrogens (tertiary/aromatic N) is 1. The molecular weight excluding hydrogens is 344 g/mol. The van der Waals surface area contributed by atoms with Crippen LogP contribution >= 0.6 is 0 Å². The number of hydrogen-bond donors (Lipinski definition) is 2. The summed E-state index contributed by atoms with van der Waals surface area (Å²) in [5, 5.41) is 13.7. The molecule has 7 nitrogen and oxygen atoms in total. The number of aryl methyl sites for hydroxylation is 2. The molecule has 0 atom stereocenters. The molecule has 0 aliphatic heterocycles. The first-order valence-corrected chi connectivity index (χ1v) is 8.84. The largest absolute Gasteiger partial charge is 0.502 e. The van der Waals surface area contributed by atoms with E-state index < -0.39 is 10.0 Å². The molecule has 0 saturated carbocycles. The fourth-order valence-electron chi connectivity index (χ4n) is 2.20. The molecule has 0 heterocycles. The van der Waals surface area contributed by atoms with Crippen LogP contribution in [-0.2, 0) is 10.0 Å². The SMILES string of the molecule is COc1cc(C=NNS(=O)(=O)c2cc(C)ccc2C)cc(OC)c1O. The average molecular weight is 364 g/mol. The van der Waals surface area contributed by atoms with Gasteiger partial charge in [0.05, 0.1) is 25.3 Å². The molecule has 2 aromatic carbocycles. The molecule has 0 saturated heterocycles. The van der Waals surface area contributed by atoms with Gasteiger partial charge in [-0.15, -0.1) is 0 Å². The quantitative estimate of drug-likeness (QED) is 0.606. The first-order valence-electron chi connectivity index (χ1n) is 7.35. The van der Waals surface area contributed by atoms with Gasteiger partial charge in [0.2, 0.25) is 5.75 Å². The lowest BCUT2D eigenvalue weighted by Gasteiger charge is -2.09. The molecule has 0 radical (unpaired) electrons. The molecule has 0 fully saturated rings. The summed E-state index contributed by atoms with van der Waals surface area (Å²) >= 11 is 0. The molecule has 0 amide bonds. The predicted molar refractivity (Wildman–Crippen MR) is 95.0 cm³/mol. The molecule has 134 valence electrons. The standard InChI is InChI=1S/C17H20N2O5S/c1-11-5-6-12(2)16(7-11)25(21,22)19-18-10-13-8-14(23-3)17(20)15(9-13)24-4/h5-10,19-20H,1-4H3. The highest BCUT2D eigenvalue weighted by atomic mass is 32.2. The third kappa shape index (κ3) is 4.21. The number of hydrogen-bond acceptors (Lipinski definition) is 6. The van der Waals surface area contributed by atoms with Crippen molar-refractivity contribution in [1.29, 1.82) is 0 Å². The number of hydrazone groups is 1. The first-order chi connectivity index (χ1) is 11.8. The zero-order valence-electron chi connectivity index (χ0n) is 14.4. The Bertz CT molecular complexity index is 882. The van der Waals surface area contributed by atoms with Crippen molar-refractivity contribution in [2.24, 2.45) is 5.10 Å². The molecule has 2 N–H and O–H groups in total. The summed E-state index contributed by atoms with van der Waals surface area (Å²) in [7, 11) is -0.980. The Hall–Kier alpha value is -2.74. The summed E-state index contributed by atoms with van der Waals surface area (Å²) in [6.07, 6.45) is 1.30. The van der Waals surface area contributed by atoms with E-state index in [1.54, 1.807) is 19.1 Å². The summed E-state index contributed by atoms with van der Waals surface area (Å²) in [6.45, 7) is 3.53. The maximum absolute atomic E-state index is 12.4. The Morgan fingerprint density at radius 3 is 2.24 bits per heavy atom. The number of rotatable bonds is 6. The lowest BCUT2D eigenvalue weighted by atomic mass is 10.2. The fourth-order valence-corrected chi connectivity index (χ4v) is 3.33. The van der Waals surface area contributed by atoms with Gasteiger partial charge in [-0.05, 0) is 43.2 Å². The Kier molecular flexibility index (Phi) is 5.53. The van der Waals surface area contributed by atoms with Crippen LogP contribution in [0.4, 0.5) is 0 Å². The topological polar surface area (TPSA) is 97.2 Å². The number of aromatic hydroxyl groups is 1. The monoisotopic (exact) mass is 364 g/mol. The summed E-state index contributed by atoms with van der Waals surface area (Å²) in [5.74, 6) is 0.245. The minimum absolute atomic E-state index is 0.141. The van der Waals surface area contributed by atoms with Gasteiger partial charge in [-0.25, -0.2) is 4.83 Å². The Morgan fingerprint density at radius 1 is 1.08 bits per heavy atom. The molecule has 2 rings (SSSR count). The molecule has 0 aliphatic rings. The van der Waals surface area contributed by atoms with Crippen LogP contribution in [0.2, 0.25) is 0 Å². The van der Waals surface area contributed by atoms with Crippen molar-refractivity contribution >= 4 is 16.2 Å². The van der Waals surface area contributed by atoms with Gasteiger partial charge in [-0.1, -0.05) is 12.1 Å². The van der Waals surface area contributed by atoms with E-state index in [1.807, 2.05) is 13.0 Å². The zero-order chi connectivity index (χ0) is 18.6. The van der Waals surface area contributed by atoms with Crippen molar-refractivity contribution in [3.8, 4) is 17.2 Å². The predicted octanol–water partition coefficient (Wildman–Crippen LogP) is 2.34. The second kappa shape index (κ2) is 7.43. The summed E-state index contributed by atoms with van der Waals surface area (Å²) < 4.78 is 34.8. The number of phenolic OH excluding ortho intramolecular Hbond substituents is 1. The molecule has 0 bridgehead atoms. The third-order valence-corrected chi connectivity index (χ3v) is 4.89. The maximum atomic E-state index is 12.4. The number of benzene rings is 2. The van der Waals surface area contributed by atoms with Crippen LogP contribution in [0.1, 0.15) is 16.7 Å². The van der Waals surface area contributed by atoms with E-state index in [4.69, 9.17) is 9.47 Å². The maximum Gasteiger partial charge on any atom is 0.276 e. The van der Waals surface area contributed by atoms with Crippen LogP contribution in [0.5, 0.6) is 17.2 Å². The van der Waals surface area contributed by atoms with Gasteiger partial charge in [0, 0.05) is 5.56 Å². The van der Waals surface area contributed by atoms with E-state index in [0.29, 0.717) is 11.1 Å². The lowest BCUT2D eigenvalue weighted by Crippen LogP contribution is -2.19. The second-order valence-corrected chi connectivity index (χ2v) is 7.03. The molecule has 25 heavy (non-hydrogen) atoms. The highest BCUT2D eigenvalue weighted by Crippen LogP contribution is 2.36. The van der Waals surface area contributed by atoms with E-state index in [9.17, 15) is 13.5 Å². The first kappa shape index (κ1) is 18.6. The minimum Gasteiger partial charge on any atom is -0.502 e. The number of sulfonamides is 1. The van der Waals surface area contributed by atoms with Gasteiger partial charge in [0.25, 0.3) is 10.0 Å². The van der Waals surface area contributed by atoms with E-state index >= 15 is 0 Å². The number of phenols is 1. The van der Waals surface area contributed by atoms with E-state index in [1.165, 1.54) is 32.6 Å². The van der Waals surface area contributed by atoms with Crippen molar-refractivity contribution in [3.63, 3.8) is 0 Å². The normalized spacial score (nSPS) is 11.5. The van der Waals surface area contributed by atoms with Crippen LogP contribution in [0, 0.1) is 13.8 Å². The highest BCUT2D eigenvalue weighted by Gasteiger charge is 2.16. The van der Waals surface area contributed by atoms with Gasteiger partial charge in [-0.3, -0.25) is 0 Å². The van der Waals surface area contributed by atoms with Crippen molar-refractivity contribution in [2.45, 2.75) is 18.7 Å².